The first kappa shape index (κ1) is 17.9. The van der Waals surface area contributed by atoms with Gasteiger partial charge in [0.15, 0.2) is 5.82 Å². The average molecular weight is 369 g/mol. The Morgan fingerprint density at radius 1 is 1.41 bits per heavy atom. The Bertz CT molecular complexity index is 805. The molecule has 4 rings (SSSR count). The molecule has 0 spiro atoms. The predicted octanol–water partition coefficient (Wildman–Crippen LogP) is 1.31. The summed E-state index contributed by atoms with van der Waals surface area (Å²) in [5.74, 6) is 1.97. The van der Waals surface area contributed by atoms with E-state index in [1.807, 2.05) is 37.9 Å². The number of H-pyrrole nitrogens is 1. The Kier molecular flexibility index (Phi) is 4.59. The minimum atomic E-state index is -0.221. The van der Waals surface area contributed by atoms with E-state index < -0.39 is 0 Å². The molecule has 4 heterocycles. The molecule has 2 amide bonds. The Labute approximate surface area is 159 Å². The number of hydrogen-bond acceptors (Lipinski definition) is 5. The maximum absolute atomic E-state index is 12.6. The number of rotatable bonds is 4. The highest BCUT2D eigenvalue weighted by atomic mass is 16.2. The first-order valence-corrected chi connectivity index (χ1v) is 9.52. The zero-order valence-electron chi connectivity index (χ0n) is 16.1. The minimum absolute atomic E-state index is 0.00448. The van der Waals surface area contributed by atoms with Crippen LogP contribution in [0.2, 0.25) is 0 Å². The summed E-state index contributed by atoms with van der Waals surface area (Å²) in [7, 11) is 0. The molecule has 0 unspecified atom stereocenters. The van der Waals surface area contributed by atoms with Crippen molar-refractivity contribution in [2.45, 2.75) is 38.8 Å². The quantitative estimate of drug-likeness (QED) is 0.848. The molecule has 0 saturated carbocycles. The summed E-state index contributed by atoms with van der Waals surface area (Å²) >= 11 is 0. The topological polar surface area (TPSA) is 90.0 Å². The SMILES string of the molecule is Cc1nc([C@@]23CN(Cc4cccnc4)C[C@@H]2CN(C(=O)NC(C)C)C3)n[nH]1. The second-order valence-corrected chi connectivity index (χ2v) is 8.11. The van der Waals surface area contributed by atoms with Crippen LogP contribution in [-0.4, -0.2) is 68.2 Å². The molecule has 8 nitrogen and oxygen atoms in total. The van der Waals surface area contributed by atoms with Crippen molar-refractivity contribution in [1.82, 2.24) is 35.3 Å². The molecule has 2 fully saturated rings. The van der Waals surface area contributed by atoms with Crippen LogP contribution in [0, 0.1) is 12.8 Å². The maximum Gasteiger partial charge on any atom is 0.317 e. The number of nitrogens with zero attached hydrogens (tertiary/aromatic N) is 5. The van der Waals surface area contributed by atoms with Crippen molar-refractivity contribution in [2.24, 2.45) is 5.92 Å². The fraction of sp³-hybridized carbons (Fsp3) is 0.579. The van der Waals surface area contributed by atoms with Crippen molar-refractivity contribution in [3.05, 3.63) is 41.7 Å². The number of aryl methyl sites for hydroxylation is 1. The van der Waals surface area contributed by atoms with Crippen molar-refractivity contribution in [2.75, 3.05) is 26.2 Å². The predicted molar refractivity (Wildman–Crippen MR) is 101 cm³/mol. The summed E-state index contributed by atoms with van der Waals surface area (Å²) in [6.45, 7) is 9.89. The summed E-state index contributed by atoms with van der Waals surface area (Å²) < 4.78 is 0. The van der Waals surface area contributed by atoms with Gasteiger partial charge < -0.3 is 10.2 Å². The van der Waals surface area contributed by atoms with Gasteiger partial charge in [0, 0.05) is 57.1 Å². The van der Waals surface area contributed by atoms with Gasteiger partial charge in [0.2, 0.25) is 0 Å². The molecule has 0 radical (unpaired) electrons. The van der Waals surface area contributed by atoms with Crippen LogP contribution in [0.4, 0.5) is 4.79 Å². The number of aromatic amines is 1. The van der Waals surface area contributed by atoms with Gasteiger partial charge in [0.05, 0.1) is 5.41 Å². The molecule has 0 aromatic carbocycles. The van der Waals surface area contributed by atoms with E-state index in [-0.39, 0.29) is 17.5 Å². The zero-order chi connectivity index (χ0) is 19.0. The van der Waals surface area contributed by atoms with Crippen molar-refractivity contribution in [1.29, 1.82) is 0 Å². The summed E-state index contributed by atoms with van der Waals surface area (Å²) in [5.41, 5.74) is 0.981. The molecule has 2 N–H and O–H groups in total. The smallest absolute Gasteiger partial charge is 0.317 e. The van der Waals surface area contributed by atoms with Gasteiger partial charge in [0.1, 0.15) is 5.82 Å². The maximum atomic E-state index is 12.6. The van der Waals surface area contributed by atoms with Crippen molar-refractivity contribution in [3.8, 4) is 0 Å². The minimum Gasteiger partial charge on any atom is -0.336 e. The molecule has 0 bridgehead atoms. The van der Waals surface area contributed by atoms with Gasteiger partial charge in [-0.15, -0.1) is 0 Å². The first-order chi connectivity index (χ1) is 13.0. The van der Waals surface area contributed by atoms with Crippen LogP contribution in [0.15, 0.2) is 24.5 Å². The van der Waals surface area contributed by atoms with E-state index in [4.69, 9.17) is 0 Å². The molecular weight excluding hydrogens is 342 g/mol. The third kappa shape index (κ3) is 3.41. The molecule has 2 saturated heterocycles. The number of carbonyl (C=O) groups is 1. The fourth-order valence-electron chi connectivity index (χ4n) is 4.41. The van der Waals surface area contributed by atoms with Crippen molar-refractivity contribution in [3.63, 3.8) is 0 Å². The summed E-state index contributed by atoms with van der Waals surface area (Å²) in [6.07, 6.45) is 3.71. The number of fused-ring (bicyclic) bond motifs is 1. The van der Waals surface area contributed by atoms with Crippen LogP contribution in [0.5, 0.6) is 0 Å². The van der Waals surface area contributed by atoms with Crippen LogP contribution in [0.3, 0.4) is 0 Å². The van der Waals surface area contributed by atoms with Crippen LogP contribution in [0.25, 0.3) is 0 Å². The lowest BCUT2D eigenvalue weighted by Gasteiger charge is -2.27. The Morgan fingerprint density at radius 2 is 2.26 bits per heavy atom. The van der Waals surface area contributed by atoms with E-state index in [0.717, 1.165) is 37.8 Å². The third-order valence-corrected chi connectivity index (χ3v) is 5.55. The molecular formula is C19H27N7O. The van der Waals surface area contributed by atoms with Gasteiger partial charge in [-0.1, -0.05) is 6.07 Å². The molecule has 2 atom stereocenters. The Hall–Kier alpha value is -2.48. The second-order valence-electron chi connectivity index (χ2n) is 8.11. The van der Waals surface area contributed by atoms with Gasteiger partial charge in [0.25, 0.3) is 0 Å². The van der Waals surface area contributed by atoms with Crippen LogP contribution in [-0.2, 0) is 12.0 Å². The molecule has 2 aromatic rings. The highest BCUT2D eigenvalue weighted by Gasteiger charge is 2.56. The lowest BCUT2D eigenvalue weighted by Crippen LogP contribution is -2.45. The zero-order valence-corrected chi connectivity index (χ0v) is 16.1. The number of amides is 2. The average Bonchev–Trinajstić information content (AvgIpc) is 3.28. The summed E-state index contributed by atoms with van der Waals surface area (Å²) in [6, 6.07) is 4.21. The van der Waals surface area contributed by atoms with Gasteiger partial charge in [-0.2, -0.15) is 5.10 Å². The standard InChI is InChI=1S/C19H27N7O/c1-13(2)21-18(27)26-10-16-9-25(8-15-5-4-6-20-7-15)11-19(16,12-26)17-22-14(3)23-24-17/h4-7,13,16H,8-12H2,1-3H3,(H,21,27)(H,22,23,24)/t16-,19-/m1/s1. The molecule has 2 aliphatic rings. The lowest BCUT2D eigenvalue weighted by atomic mass is 9.80. The molecule has 0 aliphatic carbocycles. The molecule has 144 valence electrons. The van der Waals surface area contributed by atoms with Gasteiger partial charge in [-0.05, 0) is 32.4 Å². The third-order valence-electron chi connectivity index (χ3n) is 5.55. The monoisotopic (exact) mass is 369 g/mol. The number of nitrogens with one attached hydrogen (secondary N) is 2. The number of urea groups is 1. The fourth-order valence-corrected chi connectivity index (χ4v) is 4.41. The van der Waals surface area contributed by atoms with Crippen LogP contribution in [0.1, 0.15) is 31.1 Å². The largest absolute Gasteiger partial charge is 0.336 e. The van der Waals surface area contributed by atoms with E-state index in [9.17, 15) is 4.79 Å². The highest BCUT2D eigenvalue weighted by Crippen LogP contribution is 2.44. The Morgan fingerprint density at radius 3 is 2.93 bits per heavy atom. The van der Waals surface area contributed by atoms with Crippen LogP contribution < -0.4 is 5.32 Å². The first-order valence-electron chi connectivity index (χ1n) is 9.52. The van der Waals surface area contributed by atoms with Gasteiger partial charge in [-0.25, -0.2) is 9.78 Å². The van der Waals surface area contributed by atoms with Gasteiger partial charge >= 0.3 is 6.03 Å². The number of hydrogen-bond donors (Lipinski definition) is 2. The summed E-state index contributed by atoms with van der Waals surface area (Å²) in [4.78, 5) is 25.8. The van der Waals surface area contributed by atoms with Crippen molar-refractivity contribution >= 4 is 6.03 Å². The molecule has 8 heteroatoms. The molecule has 2 aromatic heterocycles. The number of pyridine rings is 1. The molecule has 27 heavy (non-hydrogen) atoms. The van der Waals surface area contributed by atoms with Gasteiger partial charge in [-0.3, -0.25) is 15.0 Å². The van der Waals surface area contributed by atoms with Crippen LogP contribution >= 0.6 is 0 Å². The van der Waals surface area contributed by atoms with E-state index in [1.165, 1.54) is 5.56 Å². The second kappa shape index (κ2) is 6.92. The normalized spacial score (nSPS) is 25.2. The lowest BCUT2D eigenvalue weighted by molar-refractivity contribution is 0.194. The van der Waals surface area contributed by atoms with Crippen molar-refractivity contribution < 1.29 is 4.79 Å². The highest BCUT2D eigenvalue weighted by molar-refractivity contribution is 5.75. The van der Waals surface area contributed by atoms with E-state index >= 15 is 0 Å². The van der Waals surface area contributed by atoms with E-state index in [1.54, 1.807) is 6.20 Å². The number of aromatic nitrogens is 4. The molecule has 2 aliphatic heterocycles. The summed E-state index contributed by atoms with van der Waals surface area (Å²) in [5, 5.41) is 10.5. The Balaban J connectivity index is 1.56. The number of likely N-dealkylation sites (tertiary alicyclic amines) is 2. The van der Waals surface area contributed by atoms with E-state index in [2.05, 4.69) is 36.4 Å². The van der Waals surface area contributed by atoms with E-state index in [0.29, 0.717) is 12.5 Å². The number of carbonyl (C=O) groups excluding carboxylic acids is 1.